The van der Waals surface area contributed by atoms with Crippen molar-refractivity contribution < 1.29 is 23.1 Å². The molecule has 12 heteroatoms. The van der Waals surface area contributed by atoms with E-state index >= 15 is 0 Å². The van der Waals surface area contributed by atoms with Crippen molar-refractivity contribution >= 4 is 22.8 Å². The Morgan fingerprint density at radius 3 is 2.90 bits per heavy atom. The Labute approximate surface area is 174 Å². The smallest absolute Gasteiger partial charge is 0.391 e. The van der Waals surface area contributed by atoms with Gasteiger partial charge in [0.05, 0.1) is 6.10 Å². The average molecular weight is 435 g/mol. The highest BCUT2D eigenvalue weighted by molar-refractivity contribution is 5.91. The zero-order chi connectivity index (χ0) is 22.2. The zero-order valence-corrected chi connectivity index (χ0v) is 16.5. The minimum Gasteiger partial charge on any atom is -0.391 e. The number of alkyl halides is 3. The number of H-pyrrole nitrogens is 1. The van der Waals surface area contributed by atoms with Crippen molar-refractivity contribution in [1.29, 1.82) is 0 Å². The lowest BCUT2D eigenvalue weighted by Crippen LogP contribution is -2.46. The van der Waals surface area contributed by atoms with E-state index in [1.165, 1.54) is 6.33 Å². The summed E-state index contributed by atoms with van der Waals surface area (Å²) >= 11 is 0. The first kappa shape index (κ1) is 21.0. The number of β-amino-alcohol motifs (C(OH)–C–C–N with tert-alkyl or cyclic N) is 1. The minimum atomic E-state index is -4.52. The molecule has 4 heterocycles. The first-order valence-corrected chi connectivity index (χ1v) is 9.69. The molecule has 0 bridgehead atoms. The van der Waals surface area contributed by atoms with E-state index in [9.17, 15) is 23.1 Å². The van der Waals surface area contributed by atoms with Crippen LogP contribution in [-0.4, -0.2) is 67.3 Å². The van der Waals surface area contributed by atoms with Gasteiger partial charge in [-0.3, -0.25) is 4.79 Å². The summed E-state index contributed by atoms with van der Waals surface area (Å²) in [6.07, 6.45) is 1.50. The first-order chi connectivity index (χ1) is 14.8. The number of carbonyl (C=O) groups is 1. The monoisotopic (exact) mass is 435 g/mol. The highest BCUT2D eigenvalue weighted by Gasteiger charge is 2.39. The van der Waals surface area contributed by atoms with Crippen LogP contribution in [0.25, 0.3) is 22.4 Å². The van der Waals surface area contributed by atoms with Gasteiger partial charge in [0.25, 0.3) is 0 Å². The Morgan fingerprint density at radius 1 is 1.35 bits per heavy atom. The summed E-state index contributed by atoms with van der Waals surface area (Å²) in [6.45, 7) is 0.522. The van der Waals surface area contributed by atoms with E-state index in [-0.39, 0.29) is 13.0 Å². The van der Waals surface area contributed by atoms with E-state index in [0.717, 1.165) is 0 Å². The molecule has 0 unspecified atom stereocenters. The van der Waals surface area contributed by atoms with E-state index in [2.05, 4.69) is 24.9 Å². The lowest BCUT2D eigenvalue weighted by atomic mass is 10.1. The summed E-state index contributed by atoms with van der Waals surface area (Å²) in [5.41, 5.74) is 1.97. The molecule has 1 saturated heterocycles. The SMILES string of the molecule is CCc1cnc(-c2c[nH]c3ncncc23)nc1N1C[C@@H](O)C[C@@H]1C(=O)NCC(F)(F)F. The van der Waals surface area contributed by atoms with Gasteiger partial charge in [-0.2, -0.15) is 13.2 Å². The van der Waals surface area contributed by atoms with E-state index in [1.54, 1.807) is 23.5 Å². The summed E-state index contributed by atoms with van der Waals surface area (Å²) in [5.74, 6) is -0.0527. The lowest BCUT2D eigenvalue weighted by molar-refractivity contribution is -0.139. The van der Waals surface area contributed by atoms with Crippen LogP contribution in [0, 0.1) is 0 Å². The second kappa shape index (κ2) is 8.10. The minimum absolute atomic E-state index is 0.00705. The molecule has 0 radical (unpaired) electrons. The molecule has 2 atom stereocenters. The molecule has 164 valence electrons. The molecule has 0 aliphatic carbocycles. The number of carbonyl (C=O) groups excluding carboxylic acids is 1. The second-order valence-corrected chi connectivity index (χ2v) is 7.27. The van der Waals surface area contributed by atoms with Crippen LogP contribution in [0.15, 0.2) is 24.9 Å². The number of nitrogens with zero attached hydrogens (tertiary/aromatic N) is 5. The van der Waals surface area contributed by atoms with Crippen molar-refractivity contribution in [1.82, 2.24) is 30.2 Å². The molecule has 3 aromatic rings. The molecule has 3 aromatic heterocycles. The normalized spacial score (nSPS) is 19.2. The number of halogens is 3. The molecule has 31 heavy (non-hydrogen) atoms. The van der Waals surface area contributed by atoms with Crippen molar-refractivity contribution in [3.8, 4) is 11.4 Å². The van der Waals surface area contributed by atoms with Gasteiger partial charge in [0.15, 0.2) is 5.82 Å². The molecule has 3 N–H and O–H groups in total. The summed E-state index contributed by atoms with van der Waals surface area (Å²) in [5, 5.41) is 12.8. The van der Waals surface area contributed by atoms with Crippen molar-refractivity contribution in [3.63, 3.8) is 0 Å². The summed E-state index contributed by atoms with van der Waals surface area (Å²) in [4.78, 5) is 34.2. The van der Waals surface area contributed by atoms with E-state index in [4.69, 9.17) is 0 Å². The third-order valence-electron chi connectivity index (χ3n) is 5.14. The Hall–Kier alpha value is -3.28. The predicted octanol–water partition coefficient (Wildman–Crippen LogP) is 1.60. The number of hydrogen-bond acceptors (Lipinski definition) is 7. The van der Waals surface area contributed by atoms with Crippen LogP contribution in [0.3, 0.4) is 0 Å². The fourth-order valence-corrected chi connectivity index (χ4v) is 3.67. The second-order valence-electron chi connectivity index (χ2n) is 7.27. The van der Waals surface area contributed by atoms with Crippen LogP contribution in [0.5, 0.6) is 0 Å². The number of aliphatic hydroxyl groups is 1. The van der Waals surface area contributed by atoms with Crippen LogP contribution >= 0.6 is 0 Å². The van der Waals surface area contributed by atoms with Crippen molar-refractivity contribution in [2.45, 2.75) is 38.1 Å². The third-order valence-corrected chi connectivity index (χ3v) is 5.14. The van der Waals surface area contributed by atoms with E-state index < -0.39 is 30.8 Å². The van der Waals surface area contributed by atoms with Gasteiger partial charge in [-0.25, -0.2) is 19.9 Å². The van der Waals surface area contributed by atoms with Crippen molar-refractivity contribution in [3.05, 3.63) is 30.5 Å². The number of anilines is 1. The molecular weight excluding hydrogens is 415 g/mol. The molecule has 0 saturated carbocycles. The predicted molar refractivity (Wildman–Crippen MR) is 105 cm³/mol. The first-order valence-electron chi connectivity index (χ1n) is 9.69. The molecule has 1 aliphatic heterocycles. The van der Waals surface area contributed by atoms with Crippen molar-refractivity contribution in [2.75, 3.05) is 18.0 Å². The number of aromatic nitrogens is 5. The molecule has 1 amide bonds. The topological polar surface area (TPSA) is 120 Å². The number of fused-ring (bicyclic) bond motifs is 1. The Kier molecular flexibility index (Phi) is 5.48. The standard InChI is InChI=1S/C19H20F3N7O2/c1-2-10-4-24-16(13-6-25-15-12(13)5-23-9-27-15)28-17(10)29-7-11(30)3-14(29)18(31)26-8-19(20,21)22/h4-6,9,11,14,30H,2-3,7-8H2,1H3,(H,26,31)(H,23,25,27)/t11-,14+/m0/s1. The fourth-order valence-electron chi connectivity index (χ4n) is 3.67. The molecule has 1 fully saturated rings. The van der Waals surface area contributed by atoms with Crippen LogP contribution < -0.4 is 10.2 Å². The van der Waals surface area contributed by atoms with Crippen LogP contribution in [-0.2, 0) is 11.2 Å². The highest BCUT2D eigenvalue weighted by Crippen LogP contribution is 2.31. The number of aryl methyl sites for hydroxylation is 1. The number of aromatic amines is 1. The Bertz CT molecular complexity index is 1100. The fraction of sp³-hybridized carbons (Fsp3) is 0.421. The summed E-state index contributed by atoms with van der Waals surface area (Å²) < 4.78 is 37.6. The van der Waals surface area contributed by atoms with Gasteiger partial charge >= 0.3 is 6.18 Å². The Morgan fingerprint density at radius 2 is 2.16 bits per heavy atom. The number of nitrogens with one attached hydrogen (secondary N) is 2. The maximum absolute atomic E-state index is 12.5. The van der Waals surface area contributed by atoms with Gasteiger partial charge < -0.3 is 20.3 Å². The van der Waals surface area contributed by atoms with Crippen LogP contribution in [0.1, 0.15) is 18.9 Å². The highest BCUT2D eigenvalue weighted by atomic mass is 19.4. The molecule has 9 nitrogen and oxygen atoms in total. The molecular formula is C19H20F3N7O2. The van der Waals surface area contributed by atoms with Crippen LogP contribution in [0.4, 0.5) is 19.0 Å². The van der Waals surface area contributed by atoms with Gasteiger partial charge in [-0.1, -0.05) is 6.92 Å². The largest absolute Gasteiger partial charge is 0.405 e. The molecule has 0 spiro atoms. The number of rotatable bonds is 5. The maximum Gasteiger partial charge on any atom is 0.405 e. The third kappa shape index (κ3) is 4.29. The van der Waals surface area contributed by atoms with E-state index in [0.29, 0.717) is 40.2 Å². The number of aliphatic hydroxyl groups excluding tert-OH is 1. The van der Waals surface area contributed by atoms with Gasteiger partial charge in [-0.15, -0.1) is 0 Å². The Balaban J connectivity index is 1.70. The molecule has 0 aromatic carbocycles. The summed E-state index contributed by atoms with van der Waals surface area (Å²) in [7, 11) is 0. The summed E-state index contributed by atoms with van der Waals surface area (Å²) in [6, 6.07) is -0.975. The number of amides is 1. The van der Waals surface area contributed by atoms with Crippen molar-refractivity contribution in [2.24, 2.45) is 0 Å². The zero-order valence-electron chi connectivity index (χ0n) is 16.5. The average Bonchev–Trinajstić information content (AvgIpc) is 3.34. The van der Waals surface area contributed by atoms with Gasteiger partial charge in [0.2, 0.25) is 5.91 Å². The van der Waals surface area contributed by atoms with Gasteiger partial charge in [0, 0.05) is 48.1 Å². The van der Waals surface area contributed by atoms with Crippen LogP contribution in [0.2, 0.25) is 0 Å². The molecule has 1 aliphatic rings. The maximum atomic E-state index is 12.5. The van der Waals surface area contributed by atoms with Gasteiger partial charge in [-0.05, 0) is 6.42 Å². The van der Waals surface area contributed by atoms with E-state index in [1.807, 2.05) is 12.2 Å². The molecule has 4 rings (SSSR count). The quantitative estimate of drug-likeness (QED) is 0.557. The van der Waals surface area contributed by atoms with Gasteiger partial charge in [0.1, 0.15) is 30.4 Å². The number of hydrogen-bond donors (Lipinski definition) is 3. The lowest BCUT2D eigenvalue weighted by Gasteiger charge is -2.27.